The largest absolute Gasteiger partial charge is 0.480 e. The number of hydrogen-bond donors (Lipinski definition) is 3. The molecular formula is C16H17NO3. The van der Waals surface area contributed by atoms with E-state index in [-0.39, 0.29) is 6.04 Å². The highest BCUT2D eigenvalue weighted by Gasteiger charge is 2.22. The van der Waals surface area contributed by atoms with E-state index >= 15 is 0 Å². The zero-order chi connectivity index (χ0) is 14.4. The number of carboxylic acids is 1. The Hall–Kier alpha value is -2.17. The maximum atomic E-state index is 11.1. The lowest BCUT2D eigenvalue weighted by atomic mass is 9.98. The summed E-state index contributed by atoms with van der Waals surface area (Å²) >= 11 is 0. The zero-order valence-electron chi connectivity index (χ0n) is 10.9. The molecule has 0 saturated heterocycles. The van der Waals surface area contributed by atoms with Crippen molar-refractivity contribution in [3.63, 3.8) is 0 Å². The number of hydrogen-bond acceptors (Lipinski definition) is 3. The molecule has 3 N–H and O–H groups in total. The second kappa shape index (κ2) is 6.84. The smallest absolute Gasteiger partial charge is 0.323 e. The fourth-order valence-electron chi connectivity index (χ4n) is 2.08. The minimum atomic E-state index is -1.07. The van der Waals surface area contributed by atoms with Crippen molar-refractivity contribution in [3.8, 4) is 0 Å². The molecule has 0 aromatic heterocycles. The molecule has 104 valence electrons. The Morgan fingerprint density at radius 1 is 0.950 bits per heavy atom. The van der Waals surface area contributed by atoms with E-state index in [2.05, 4.69) is 5.32 Å². The molecule has 0 amide bonds. The molecule has 0 fully saturated rings. The van der Waals surface area contributed by atoms with Crippen LogP contribution >= 0.6 is 0 Å². The quantitative estimate of drug-likeness (QED) is 0.749. The van der Waals surface area contributed by atoms with Crippen molar-refractivity contribution < 1.29 is 15.0 Å². The van der Waals surface area contributed by atoms with Crippen molar-refractivity contribution in [1.82, 2.24) is 5.32 Å². The van der Waals surface area contributed by atoms with Crippen LogP contribution in [0.1, 0.15) is 17.2 Å². The Balaban J connectivity index is 2.32. The molecule has 2 aromatic rings. The van der Waals surface area contributed by atoms with Crippen molar-refractivity contribution in [1.29, 1.82) is 0 Å². The lowest BCUT2D eigenvalue weighted by Crippen LogP contribution is -2.42. The first-order valence-corrected chi connectivity index (χ1v) is 6.42. The number of rotatable bonds is 6. The maximum absolute atomic E-state index is 11.1. The predicted molar refractivity (Wildman–Crippen MR) is 76.4 cm³/mol. The van der Waals surface area contributed by atoms with E-state index in [1.54, 1.807) is 0 Å². The molecule has 2 aromatic carbocycles. The molecule has 2 rings (SSSR count). The molecular weight excluding hydrogens is 254 g/mol. The van der Waals surface area contributed by atoms with Crippen LogP contribution in [-0.2, 0) is 4.79 Å². The number of carboxylic acid groups (broad SMARTS) is 1. The van der Waals surface area contributed by atoms with Gasteiger partial charge in [0.15, 0.2) is 0 Å². The first-order chi connectivity index (χ1) is 9.72. The van der Waals surface area contributed by atoms with Gasteiger partial charge in [-0.25, -0.2) is 0 Å². The third kappa shape index (κ3) is 3.44. The zero-order valence-corrected chi connectivity index (χ0v) is 10.9. The molecule has 0 heterocycles. The minimum absolute atomic E-state index is 0.273. The summed E-state index contributed by atoms with van der Waals surface area (Å²) in [5.41, 5.74) is 1.91. The van der Waals surface area contributed by atoms with Crippen LogP contribution in [0.3, 0.4) is 0 Å². The number of nitrogens with one attached hydrogen (secondary N) is 1. The van der Waals surface area contributed by atoms with Gasteiger partial charge < -0.3 is 10.2 Å². The Kier molecular flexibility index (Phi) is 4.87. The Labute approximate surface area is 117 Å². The van der Waals surface area contributed by atoms with Crippen molar-refractivity contribution >= 4 is 5.97 Å². The molecule has 0 aliphatic heterocycles. The lowest BCUT2D eigenvalue weighted by Gasteiger charge is -2.23. The second-order valence-electron chi connectivity index (χ2n) is 4.49. The van der Waals surface area contributed by atoms with Gasteiger partial charge in [-0.3, -0.25) is 10.1 Å². The molecule has 4 heteroatoms. The number of carbonyl (C=O) groups is 1. The van der Waals surface area contributed by atoms with Gasteiger partial charge in [0.1, 0.15) is 6.04 Å². The summed E-state index contributed by atoms with van der Waals surface area (Å²) < 4.78 is 0. The van der Waals surface area contributed by atoms with E-state index in [9.17, 15) is 9.90 Å². The monoisotopic (exact) mass is 271 g/mol. The van der Waals surface area contributed by atoms with Gasteiger partial charge in [-0.1, -0.05) is 60.7 Å². The summed E-state index contributed by atoms with van der Waals surface area (Å²) in [6.45, 7) is -0.453. The first kappa shape index (κ1) is 14.2. The lowest BCUT2D eigenvalue weighted by molar-refractivity contribution is -0.140. The third-order valence-corrected chi connectivity index (χ3v) is 3.11. The molecule has 0 spiro atoms. The standard InChI is InChI=1S/C16H17NO3/c18-11-14(16(19)20)17-15(12-7-3-1-4-8-12)13-9-5-2-6-10-13/h1-10,14-15,17-18H,11H2,(H,19,20)/t14-/m1/s1. The van der Waals surface area contributed by atoms with Crippen LogP contribution in [0.2, 0.25) is 0 Å². The average Bonchev–Trinajstić information content (AvgIpc) is 2.50. The Morgan fingerprint density at radius 2 is 1.40 bits per heavy atom. The topological polar surface area (TPSA) is 69.6 Å². The van der Waals surface area contributed by atoms with Crippen LogP contribution in [0, 0.1) is 0 Å². The summed E-state index contributed by atoms with van der Waals surface area (Å²) in [6.07, 6.45) is 0. The highest BCUT2D eigenvalue weighted by Crippen LogP contribution is 2.22. The van der Waals surface area contributed by atoms with Crippen molar-refractivity contribution in [3.05, 3.63) is 71.8 Å². The first-order valence-electron chi connectivity index (χ1n) is 6.42. The minimum Gasteiger partial charge on any atom is -0.480 e. The van der Waals surface area contributed by atoms with Gasteiger partial charge in [0, 0.05) is 0 Å². The second-order valence-corrected chi connectivity index (χ2v) is 4.49. The fourth-order valence-corrected chi connectivity index (χ4v) is 2.08. The molecule has 0 unspecified atom stereocenters. The molecule has 0 aliphatic carbocycles. The van der Waals surface area contributed by atoms with E-state index < -0.39 is 18.6 Å². The predicted octanol–water partition coefficient (Wildman–Crippen LogP) is 1.81. The van der Waals surface area contributed by atoms with E-state index in [1.165, 1.54) is 0 Å². The summed E-state index contributed by atoms with van der Waals surface area (Å²) in [7, 11) is 0. The molecule has 0 saturated carbocycles. The van der Waals surface area contributed by atoms with Gasteiger partial charge in [-0.2, -0.15) is 0 Å². The van der Waals surface area contributed by atoms with Crippen LogP contribution in [0.15, 0.2) is 60.7 Å². The summed E-state index contributed by atoms with van der Waals surface area (Å²) in [6, 6.07) is 17.9. The van der Waals surface area contributed by atoms with E-state index in [1.807, 2.05) is 60.7 Å². The van der Waals surface area contributed by atoms with Gasteiger partial charge >= 0.3 is 5.97 Å². The van der Waals surface area contributed by atoms with E-state index in [0.717, 1.165) is 11.1 Å². The summed E-state index contributed by atoms with van der Waals surface area (Å²) in [4.78, 5) is 11.1. The SMILES string of the molecule is O=C(O)[C@@H](CO)NC(c1ccccc1)c1ccccc1. The van der Waals surface area contributed by atoms with Crippen molar-refractivity contribution in [2.45, 2.75) is 12.1 Å². The van der Waals surface area contributed by atoms with Crippen LogP contribution in [0.5, 0.6) is 0 Å². The van der Waals surface area contributed by atoms with Crippen LogP contribution in [0.4, 0.5) is 0 Å². The molecule has 1 atom stereocenters. The number of aliphatic hydroxyl groups is 1. The van der Waals surface area contributed by atoms with Gasteiger partial charge in [0.2, 0.25) is 0 Å². The van der Waals surface area contributed by atoms with Crippen LogP contribution < -0.4 is 5.32 Å². The number of aliphatic carboxylic acids is 1. The third-order valence-electron chi connectivity index (χ3n) is 3.11. The van der Waals surface area contributed by atoms with Crippen molar-refractivity contribution in [2.24, 2.45) is 0 Å². The molecule has 20 heavy (non-hydrogen) atoms. The maximum Gasteiger partial charge on any atom is 0.323 e. The molecule has 0 bridgehead atoms. The summed E-state index contributed by atoms with van der Waals surface area (Å²) in [5, 5.41) is 21.3. The Bertz CT molecular complexity index is 503. The highest BCUT2D eigenvalue weighted by atomic mass is 16.4. The number of aliphatic hydroxyl groups excluding tert-OH is 1. The molecule has 0 radical (unpaired) electrons. The normalized spacial score (nSPS) is 12.3. The van der Waals surface area contributed by atoms with Gasteiger partial charge in [-0.05, 0) is 11.1 Å². The van der Waals surface area contributed by atoms with Crippen LogP contribution in [0.25, 0.3) is 0 Å². The van der Waals surface area contributed by atoms with E-state index in [4.69, 9.17) is 5.11 Å². The average molecular weight is 271 g/mol. The molecule has 0 aliphatic rings. The molecule has 4 nitrogen and oxygen atoms in total. The Morgan fingerprint density at radius 3 is 1.75 bits per heavy atom. The van der Waals surface area contributed by atoms with Crippen molar-refractivity contribution in [2.75, 3.05) is 6.61 Å². The van der Waals surface area contributed by atoms with E-state index in [0.29, 0.717) is 0 Å². The fraction of sp³-hybridized carbons (Fsp3) is 0.188. The number of benzene rings is 2. The van der Waals surface area contributed by atoms with Gasteiger partial charge in [0.25, 0.3) is 0 Å². The van der Waals surface area contributed by atoms with Crippen LogP contribution in [-0.4, -0.2) is 28.8 Å². The summed E-state index contributed by atoms with van der Waals surface area (Å²) in [5.74, 6) is -1.07. The highest BCUT2D eigenvalue weighted by molar-refractivity contribution is 5.73. The van der Waals surface area contributed by atoms with Gasteiger partial charge in [-0.15, -0.1) is 0 Å². The van der Waals surface area contributed by atoms with Gasteiger partial charge in [0.05, 0.1) is 12.6 Å².